The van der Waals surface area contributed by atoms with E-state index in [1.54, 1.807) is 0 Å². The van der Waals surface area contributed by atoms with Crippen LogP contribution in [0.2, 0.25) is 0 Å². The van der Waals surface area contributed by atoms with E-state index in [1.807, 2.05) is 6.07 Å². The van der Waals surface area contributed by atoms with Gasteiger partial charge in [-0.3, -0.25) is 0 Å². The van der Waals surface area contributed by atoms with Crippen molar-refractivity contribution in [2.75, 3.05) is 11.9 Å². The van der Waals surface area contributed by atoms with Crippen molar-refractivity contribution in [2.24, 2.45) is 0 Å². The summed E-state index contributed by atoms with van der Waals surface area (Å²) >= 11 is 0. The number of nitrogens with one attached hydrogen (secondary N) is 2. The molecule has 1 aliphatic rings. The van der Waals surface area contributed by atoms with E-state index >= 15 is 0 Å². The van der Waals surface area contributed by atoms with Gasteiger partial charge in [0.05, 0.1) is 0 Å². The summed E-state index contributed by atoms with van der Waals surface area (Å²) in [5.41, 5.74) is 1.22. The average molecular weight is 204 g/mol. The molecule has 1 aliphatic heterocycles. The second-order valence-corrected chi connectivity index (χ2v) is 4.44. The summed E-state index contributed by atoms with van der Waals surface area (Å²) in [6, 6.07) is 11.7. The van der Waals surface area contributed by atoms with Crippen molar-refractivity contribution in [3.8, 4) is 0 Å². The van der Waals surface area contributed by atoms with Crippen LogP contribution in [0.5, 0.6) is 0 Å². The van der Waals surface area contributed by atoms with Crippen molar-refractivity contribution in [1.29, 1.82) is 0 Å². The Bertz CT molecular complexity index is 278. The van der Waals surface area contributed by atoms with Crippen molar-refractivity contribution in [2.45, 2.75) is 38.3 Å². The van der Waals surface area contributed by atoms with Gasteiger partial charge in [-0.15, -0.1) is 0 Å². The summed E-state index contributed by atoms with van der Waals surface area (Å²) in [4.78, 5) is 0. The first-order chi connectivity index (χ1) is 7.34. The molecule has 0 aromatic heterocycles. The number of hydrogen-bond donors (Lipinski definition) is 2. The average Bonchev–Trinajstić information content (AvgIpc) is 2.71. The molecule has 0 radical (unpaired) electrons. The predicted molar refractivity (Wildman–Crippen MR) is 65.2 cm³/mol. The standard InChI is InChI=1S/C13H20N2/c1-11(10-13-8-5-9-14-13)15-12-6-3-2-4-7-12/h2-4,6-7,11,13-15H,5,8-10H2,1H3. The lowest BCUT2D eigenvalue weighted by Gasteiger charge is -2.19. The lowest BCUT2D eigenvalue weighted by molar-refractivity contribution is 0.523. The number of benzene rings is 1. The minimum absolute atomic E-state index is 0.544. The molecule has 82 valence electrons. The van der Waals surface area contributed by atoms with E-state index in [2.05, 4.69) is 41.8 Å². The van der Waals surface area contributed by atoms with Gasteiger partial charge >= 0.3 is 0 Å². The maximum Gasteiger partial charge on any atom is 0.0342 e. The third-order valence-corrected chi connectivity index (χ3v) is 2.99. The topological polar surface area (TPSA) is 24.1 Å². The maximum absolute atomic E-state index is 3.53. The Morgan fingerprint density at radius 3 is 2.87 bits per heavy atom. The zero-order valence-electron chi connectivity index (χ0n) is 9.37. The highest BCUT2D eigenvalue weighted by Gasteiger charge is 2.16. The summed E-state index contributed by atoms with van der Waals surface area (Å²) in [5.74, 6) is 0. The van der Waals surface area contributed by atoms with Gasteiger partial charge in [0.25, 0.3) is 0 Å². The summed E-state index contributed by atoms with van der Waals surface area (Å²) < 4.78 is 0. The van der Waals surface area contributed by atoms with Crippen LogP contribution in [0.25, 0.3) is 0 Å². The maximum atomic E-state index is 3.53. The first-order valence-electron chi connectivity index (χ1n) is 5.89. The number of para-hydroxylation sites is 1. The summed E-state index contributed by atoms with van der Waals surface area (Å²) in [6.45, 7) is 3.45. The molecule has 2 unspecified atom stereocenters. The van der Waals surface area contributed by atoms with Crippen LogP contribution in [0.1, 0.15) is 26.2 Å². The molecule has 2 nitrogen and oxygen atoms in total. The van der Waals surface area contributed by atoms with Crippen LogP contribution in [0.3, 0.4) is 0 Å². The van der Waals surface area contributed by atoms with Crippen molar-refractivity contribution in [1.82, 2.24) is 5.32 Å². The molecular formula is C13H20N2. The largest absolute Gasteiger partial charge is 0.383 e. The lowest BCUT2D eigenvalue weighted by atomic mass is 10.1. The lowest BCUT2D eigenvalue weighted by Crippen LogP contribution is -2.29. The third-order valence-electron chi connectivity index (χ3n) is 2.99. The molecule has 0 aliphatic carbocycles. The predicted octanol–water partition coefficient (Wildman–Crippen LogP) is 2.63. The summed E-state index contributed by atoms with van der Waals surface area (Å²) in [5, 5.41) is 7.06. The molecule has 1 fully saturated rings. The molecule has 1 heterocycles. The Morgan fingerprint density at radius 2 is 2.20 bits per heavy atom. The molecule has 2 atom stereocenters. The Labute approximate surface area is 92.1 Å². The van der Waals surface area contributed by atoms with Gasteiger partial charge in [-0.1, -0.05) is 18.2 Å². The highest BCUT2D eigenvalue weighted by atomic mass is 15.0. The van der Waals surface area contributed by atoms with Crippen LogP contribution in [0.15, 0.2) is 30.3 Å². The van der Waals surface area contributed by atoms with E-state index in [4.69, 9.17) is 0 Å². The summed E-state index contributed by atoms with van der Waals surface area (Å²) in [6.07, 6.45) is 3.89. The Balaban J connectivity index is 1.79. The van der Waals surface area contributed by atoms with Crippen LogP contribution in [-0.2, 0) is 0 Å². The van der Waals surface area contributed by atoms with Crippen LogP contribution >= 0.6 is 0 Å². The third kappa shape index (κ3) is 3.24. The fraction of sp³-hybridized carbons (Fsp3) is 0.538. The minimum atomic E-state index is 0.544. The molecule has 2 N–H and O–H groups in total. The summed E-state index contributed by atoms with van der Waals surface area (Å²) in [7, 11) is 0. The molecule has 1 aromatic rings. The van der Waals surface area contributed by atoms with E-state index < -0.39 is 0 Å². The van der Waals surface area contributed by atoms with E-state index in [0.717, 1.165) is 6.04 Å². The first-order valence-corrected chi connectivity index (χ1v) is 5.89. The molecule has 1 aromatic carbocycles. The zero-order chi connectivity index (χ0) is 10.5. The number of hydrogen-bond acceptors (Lipinski definition) is 2. The van der Waals surface area contributed by atoms with Crippen LogP contribution in [-0.4, -0.2) is 18.6 Å². The fourth-order valence-electron chi connectivity index (χ4n) is 2.26. The molecule has 15 heavy (non-hydrogen) atoms. The second kappa shape index (κ2) is 5.17. The highest BCUT2D eigenvalue weighted by Crippen LogP contribution is 2.14. The van der Waals surface area contributed by atoms with Crippen molar-refractivity contribution in [3.63, 3.8) is 0 Å². The Hall–Kier alpha value is -1.02. The smallest absolute Gasteiger partial charge is 0.0342 e. The van der Waals surface area contributed by atoms with Gasteiger partial charge in [-0.25, -0.2) is 0 Å². The van der Waals surface area contributed by atoms with Crippen LogP contribution in [0, 0.1) is 0 Å². The molecule has 0 saturated carbocycles. The van der Waals surface area contributed by atoms with Gasteiger partial charge in [0, 0.05) is 17.8 Å². The molecule has 0 amide bonds. The van der Waals surface area contributed by atoms with E-state index in [1.165, 1.54) is 31.5 Å². The van der Waals surface area contributed by atoms with Gasteiger partial charge in [0.2, 0.25) is 0 Å². The van der Waals surface area contributed by atoms with Crippen molar-refractivity contribution >= 4 is 5.69 Å². The van der Waals surface area contributed by atoms with Gasteiger partial charge in [0.15, 0.2) is 0 Å². The van der Waals surface area contributed by atoms with Crippen LogP contribution < -0.4 is 10.6 Å². The van der Waals surface area contributed by atoms with Crippen molar-refractivity contribution in [3.05, 3.63) is 30.3 Å². The quantitative estimate of drug-likeness (QED) is 0.788. The second-order valence-electron chi connectivity index (χ2n) is 4.44. The molecule has 1 saturated heterocycles. The fourth-order valence-corrected chi connectivity index (χ4v) is 2.26. The van der Waals surface area contributed by atoms with E-state index in [-0.39, 0.29) is 0 Å². The SMILES string of the molecule is CC(CC1CCCN1)Nc1ccccc1. The van der Waals surface area contributed by atoms with E-state index in [9.17, 15) is 0 Å². The minimum Gasteiger partial charge on any atom is -0.383 e. The van der Waals surface area contributed by atoms with Gasteiger partial charge in [0.1, 0.15) is 0 Å². The number of rotatable bonds is 4. The van der Waals surface area contributed by atoms with Crippen LogP contribution in [0.4, 0.5) is 5.69 Å². The van der Waals surface area contributed by atoms with Gasteiger partial charge in [-0.05, 0) is 44.9 Å². The first kappa shape index (κ1) is 10.5. The molecule has 0 spiro atoms. The molecular weight excluding hydrogens is 184 g/mol. The normalized spacial score (nSPS) is 22.6. The molecule has 2 rings (SSSR count). The monoisotopic (exact) mass is 204 g/mol. The van der Waals surface area contributed by atoms with Gasteiger partial charge in [-0.2, -0.15) is 0 Å². The Kier molecular flexibility index (Phi) is 3.62. The highest BCUT2D eigenvalue weighted by molar-refractivity contribution is 5.43. The Morgan fingerprint density at radius 1 is 1.40 bits per heavy atom. The van der Waals surface area contributed by atoms with E-state index in [0.29, 0.717) is 6.04 Å². The molecule has 0 bridgehead atoms. The zero-order valence-corrected chi connectivity index (χ0v) is 9.37. The molecule has 2 heteroatoms. The number of anilines is 1. The van der Waals surface area contributed by atoms with Crippen molar-refractivity contribution < 1.29 is 0 Å². The van der Waals surface area contributed by atoms with Gasteiger partial charge < -0.3 is 10.6 Å².